The fourth-order valence-corrected chi connectivity index (χ4v) is 5.69. The van der Waals surface area contributed by atoms with Crippen molar-refractivity contribution in [3.8, 4) is 11.1 Å². The van der Waals surface area contributed by atoms with Gasteiger partial charge in [0.1, 0.15) is 12.1 Å². The van der Waals surface area contributed by atoms with Gasteiger partial charge in [-0.2, -0.15) is 0 Å². The van der Waals surface area contributed by atoms with E-state index < -0.39 is 23.1 Å². The fourth-order valence-electron chi connectivity index (χ4n) is 5.69. The second-order valence-electron chi connectivity index (χ2n) is 10.3. The van der Waals surface area contributed by atoms with Gasteiger partial charge in [-0.05, 0) is 47.9 Å². The van der Waals surface area contributed by atoms with E-state index in [-0.39, 0.29) is 24.9 Å². The van der Waals surface area contributed by atoms with Crippen LogP contribution in [0.25, 0.3) is 11.1 Å². The summed E-state index contributed by atoms with van der Waals surface area (Å²) in [6, 6.07) is 16.3. The number of hydrogen-bond donors (Lipinski definition) is 3. The molecule has 184 valence electrons. The Kier molecular flexibility index (Phi) is 6.26. The molecular formula is C28H32N2O5. The van der Waals surface area contributed by atoms with Gasteiger partial charge in [-0.3, -0.25) is 4.79 Å². The van der Waals surface area contributed by atoms with Crippen molar-refractivity contribution in [2.24, 2.45) is 0 Å². The summed E-state index contributed by atoms with van der Waals surface area (Å²) >= 11 is 0. The van der Waals surface area contributed by atoms with Gasteiger partial charge in [-0.25, -0.2) is 9.59 Å². The molecule has 3 aliphatic rings. The molecule has 2 fully saturated rings. The van der Waals surface area contributed by atoms with Crippen LogP contribution < -0.4 is 10.6 Å². The van der Waals surface area contributed by atoms with Crippen molar-refractivity contribution < 1.29 is 24.2 Å². The summed E-state index contributed by atoms with van der Waals surface area (Å²) in [5.74, 6) is -1.33. The van der Waals surface area contributed by atoms with Gasteiger partial charge in [0.15, 0.2) is 0 Å². The maximum absolute atomic E-state index is 12.8. The topological polar surface area (TPSA) is 105 Å². The number of carbonyl (C=O) groups excluding carboxylic acids is 2. The molecule has 5 rings (SSSR count). The molecule has 2 amide bonds. The fraction of sp³-hybridized carbons (Fsp3) is 0.464. The Morgan fingerprint density at radius 2 is 1.40 bits per heavy atom. The van der Waals surface area contributed by atoms with Crippen LogP contribution >= 0.6 is 0 Å². The number of carboxylic acids is 1. The lowest BCUT2D eigenvalue weighted by molar-refractivity contribution is -0.148. The first-order valence-electron chi connectivity index (χ1n) is 12.6. The van der Waals surface area contributed by atoms with Crippen LogP contribution in [0.5, 0.6) is 0 Å². The number of benzene rings is 2. The van der Waals surface area contributed by atoms with Crippen LogP contribution in [0.4, 0.5) is 4.79 Å². The Morgan fingerprint density at radius 3 is 1.94 bits per heavy atom. The molecule has 7 nitrogen and oxygen atoms in total. The number of ether oxygens (including phenoxy) is 1. The number of amides is 2. The largest absolute Gasteiger partial charge is 0.480 e. The Hall–Kier alpha value is -3.35. The monoisotopic (exact) mass is 476 g/mol. The van der Waals surface area contributed by atoms with E-state index in [1.165, 1.54) is 11.1 Å². The first-order chi connectivity index (χ1) is 16.9. The quantitative estimate of drug-likeness (QED) is 0.501. The lowest BCUT2D eigenvalue weighted by Crippen LogP contribution is -2.55. The first-order valence-corrected chi connectivity index (χ1v) is 12.6. The third-order valence-corrected chi connectivity index (χ3v) is 7.81. The standard InChI is InChI=1S/C28H32N2O5/c31-24(29-28(25(32)33)13-7-1-2-8-14-28)17-27(15-16-27)30-26(34)35-18-23-21-11-5-3-9-19(21)20-10-4-6-12-22(20)23/h3-6,9-12,23H,1-2,7-8,13-18H2,(H,29,31)(H,30,34)(H,32,33). The van der Waals surface area contributed by atoms with Gasteiger partial charge in [0.05, 0.1) is 5.54 Å². The van der Waals surface area contributed by atoms with Crippen molar-refractivity contribution in [3.63, 3.8) is 0 Å². The maximum atomic E-state index is 12.8. The highest BCUT2D eigenvalue weighted by Gasteiger charge is 2.48. The van der Waals surface area contributed by atoms with Crippen molar-refractivity contribution in [1.82, 2.24) is 10.6 Å². The minimum Gasteiger partial charge on any atom is -0.480 e. The lowest BCUT2D eigenvalue weighted by atomic mass is 9.89. The maximum Gasteiger partial charge on any atom is 0.407 e. The van der Waals surface area contributed by atoms with Crippen LogP contribution in [0.2, 0.25) is 0 Å². The molecule has 2 saturated carbocycles. The zero-order valence-corrected chi connectivity index (χ0v) is 19.8. The second kappa shape index (κ2) is 9.36. The van der Waals surface area contributed by atoms with Gasteiger partial charge in [0, 0.05) is 12.3 Å². The van der Waals surface area contributed by atoms with E-state index in [1.807, 2.05) is 24.3 Å². The molecule has 0 heterocycles. The summed E-state index contributed by atoms with van der Waals surface area (Å²) in [4.78, 5) is 37.6. The normalized spacial score (nSPS) is 19.5. The predicted molar refractivity (Wildman–Crippen MR) is 131 cm³/mol. The molecule has 0 unspecified atom stereocenters. The second-order valence-corrected chi connectivity index (χ2v) is 10.3. The highest BCUT2D eigenvalue weighted by atomic mass is 16.5. The Labute approximate surface area is 205 Å². The van der Waals surface area contributed by atoms with E-state index in [9.17, 15) is 19.5 Å². The molecule has 3 N–H and O–H groups in total. The zero-order chi connectivity index (χ0) is 24.5. The molecule has 3 aliphatic carbocycles. The third kappa shape index (κ3) is 4.77. The number of hydrogen-bond acceptors (Lipinski definition) is 4. The van der Waals surface area contributed by atoms with E-state index in [0.717, 1.165) is 36.8 Å². The molecule has 2 aromatic rings. The minimum atomic E-state index is -1.20. The summed E-state index contributed by atoms with van der Waals surface area (Å²) in [7, 11) is 0. The molecule has 0 aromatic heterocycles. The Morgan fingerprint density at radius 1 is 0.829 bits per heavy atom. The number of carbonyl (C=O) groups is 3. The van der Waals surface area contributed by atoms with Gasteiger partial charge in [0.25, 0.3) is 0 Å². The summed E-state index contributed by atoms with van der Waals surface area (Å²) in [5.41, 5.74) is 2.76. The van der Waals surface area contributed by atoms with Crippen LogP contribution in [0.15, 0.2) is 48.5 Å². The summed E-state index contributed by atoms with van der Waals surface area (Å²) in [5, 5.41) is 15.5. The number of aliphatic carboxylic acids is 1. The summed E-state index contributed by atoms with van der Waals surface area (Å²) in [6.07, 6.45) is 5.30. The third-order valence-electron chi connectivity index (χ3n) is 7.81. The molecule has 0 spiro atoms. The molecule has 7 heteroatoms. The van der Waals surface area contributed by atoms with E-state index in [2.05, 4.69) is 34.9 Å². The van der Waals surface area contributed by atoms with Crippen molar-refractivity contribution in [2.75, 3.05) is 6.61 Å². The van der Waals surface area contributed by atoms with Gasteiger partial charge < -0.3 is 20.5 Å². The van der Waals surface area contributed by atoms with E-state index >= 15 is 0 Å². The molecule has 2 aromatic carbocycles. The first kappa shape index (κ1) is 23.4. The number of rotatable bonds is 7. The Bertz CT molecular complexity index is 1090. The Balaban J connectivity index is 1.19. The average molecular weight is 477 g/mol. The zero-order valence-electron chi connectivity index (χ0n) is 19.8. The minimum absolute atomic E-state index is 0.0303. The molecule has 0 atom stereocenters. The highest BCUT2D eigenvalue weighted by molar-refractivity contribution is 5.88. The van der Waals surface area contributed by atoms with Crippen molar-refractivity contribution in [2.45, 2.75) is 74.8 Å². The molecular weight excluding hydrogens is 444 g/mol. The van der Waals surface area contributed by atoms with Crippen LogP contribution in [0.1, 0.15) is 74.8 Å². The van der Waals surface area contributed by atoms with Crippen LogP contribution in [0.3, 0.4) is 0 Å². The summed E-state index contributed by atoms with van der Waals surface area (Å²) in [6.45, 7) is 0.213. The molecule has 0 aliphatic heterocycles. The van der Waals surface area contributed by atoms with Crippen molar-refractivity contribution in [1.29, 1.82) is 0 Å². The van der Waals surface area contributed by atoms with E-state index in [1.54, 1.807) is 0 Å². The smallest absolute Gasteiger partial charge is 0.407 e. The summed E-state index contributed by atoms with van der Waals surface area (Å²) < 4.78 is 5.65. The van der Waals surface area contributed by atoms with Crippen LogP contribution in [-0.4, -0.2) is 40.8 Å². The molecule has 0 radical (unpaired) electrons. The van der Waals surface area contributed by atoms with Crippen LogP contribution in [-0.2, 0) is 14.3 Å². The highest BCUT2D eigenvalue weighted by Crippen LogP contribution is 2.45. The molecule has 0 saturated heterocycles. The van der Waals surface area contributed by atoms with E-state index in [0.29, 0.717) is 25.7 Å². The average Bonchev–Trinajstić information content (AvgIpc) is 3.57. The van der Waals surface area contributed by atoms with Crippen molar-refractivity contribution >= 4 is 18.0 Å². The SMILES string of the molecule is O=C(CC1(NC(=O)OCC2c3ccccc3-c3ccccc32)CC1)NC1(C(=O)O)CCCCCC1. The van der Waals surface area contributed by atoms with Gasteiger partial charge in [-0.15, -0.1) is 0 Å². The van der Waals surface area contributed by atoms with Crippen LogP contribution in [0, 0.1) is 0 Å². The predicted octanol–water partition coefficient (Wildman–Crippen LogP) is 4.74. The van der Waals surface area contributed by atoms with E-state index in [4.69, 9.17) is 4.74 Å². The van der Waals surface area contributed by atoms with Gasteiger partial charge >= 0.3 is 12.1 Å². The number of fused-ring (bicyclic) bond motifs is 3. The van der Waals surface area contributed by atoms with Gasteiger partial charge in [-0.1, -0.05) is 74.2 Å². The molecule has 0 bridgehead atoms. The lowest BCUT2D eigenvalue weighted by Gasteiger charge is -2.30. The molecule has 35 heavy (non-hydrogen) atoms. The number of nitrogens with one attached hydrogen (secondary N) is 2. The van der Waals surface area contributed by atoms with Crippen molar-refractivity contribution in [3.05, 3.63) is 59.7 Å². The number of alkyl carbamates (subject to hydrolysis) is 1. The van der Waals surface area contributed by atoms with Gasteiger partial charge in [0.2, 0.25) is 5.91 Å². The number of carboxylic acid groups (broad SMARTS) is 1.